The van der Waals surface area contributed by atoms with Gasteiger partial charge in [-0.1, -0.05) is 12.1 Å². The molecule has 2 N–H and O–H groups in total. The molecule has 144 valence electrons. The van der Waals surface area contributed by atoms with Gasteiger partial charge >= 0.3 is 0 Å². The Morgan fingerprint density at radius 3 is 2.62 bits per heavy atom. The van der Waals surface area contributed by atoms with Crippen LogP contribution in [0, 0.1) is 5.92 Å². The number of nitrogens with one attached hydrogen (secondary N) is 2. The van der Waals surface area contributed by atoms with E-state index in [9.17, 15) is 9.59 Å². The minimum absolute atomic E-state index is 0. The highest BCUT2D eigenvalue weighted by molar-refractivity contribution is 6.05. The first kappa shape index (κ1) is 20.7. The van der Waals surface area contributed by atoms with Crippen molar-refractivity contribution in [3.8, 4) is 0 Å². The van der Waals surface area contributed by atoms with E-state index >= 15 is 0 Å². The largest absolute Gasteiger partial charge is 0.352 e. The summed E-state index contributed by atoms with van der Waals surface area (Å²) in [6.45, 7) is 5.89. The first-order valence-corrected chi connectivity index (χ1v) is 9.24. The predicted molar refractivity (Wildman–Crippen MR) is 106 cm³/mol. The van der Waals surface area contributed by atoms with Crippen LogP contribution < -0.4 is 15.5 Å². The minimum atomic E-state index is -0.105. The normalized spacial score (nSPS) is 17.3. The minimum Gasteiger partial charge on any atom is -0.352 e. The Morgan fingerprint density at radius 1 is 1.23 bits per heavy atom. The predicted octanol–water partition coefficient (Wildman–Crippen LogP) is 1.51. The zero-order valence-corrected chi connectivity index (χ0v) is 16.2. The molecule has 1 aromatic carbocycles. The first-order valence-electron chi connectivity index (χ1n) is 9.24. The highest BCUT2D eigenvalue weighted by atomic mass is 35.5. The number of anilines is 1. The summed E-state index contributed by atoms with van der Waals surface area (Å²) in [5.74, 6) is 0.144. The van der Waals surface area contributed by atoms with E-state index in [0.717, 1.165) is 52.0 Å². The second-order valence-corrected chi connectivity index (χ2v) is 6.89. The van der Waals surface area contributed by atoms with E-state index < -0.39 is 0 Å². The maximum Gasteiger partial charge on any atom is 0.253 e. The average molecular weight is 381 g/mol. The van der Waals surface area contributed by atoms with Gasteiger partial charge in [-0.25, -0.2) is 0 Å². The van der Waals surface area contributed by atoms with Gasteiger partial charge in [0.05, 0.1) is 11.3 Å². The lowest BCUT2D eigenvalue weighted by Crippen LogP contribution is -2.44. The fraction of sp³-hybridized carbons (Fsp3) is 0.579. The molecule has 2 aliphatic rings. The number of rotatable bonds is 7. The molecule has 0 radical (unpaired) electrons. The number of hydrogen-bond acceptors (Lipinski definition) is 4. The van der Waals surface area contributed by atoms with Crippen molar-refractivity contribution in [2.75, 3.05) is 51.2 Å². The standard InChI is InChI=1S/C19H28N4O2.ClH/c1-22(19(25)15-7-8-15)17-6-3-2-5-16(17)18(24)21-9-4-12-23-13-10-20-11-14-23;/h2-3,5-6,15,20H,4,7-14H2,1H3,(H,21,24);1H. The molecular weight excluding hydrogens is 352 g/mol. The Hall–Kier alpha value is -1.63. The fourth-order valence-electron chi connectivity index (χ4n) is 3.22. The zero-order chi connectivity index (χ0) is 17.6. The molecule has 0 bridgehead atoms. The fourth-order valence-corrected chi connectivity index (χ4v) is 3.22. The van der Waals surface area contributed by atoms with Crippen molar-refractivity contribution in [1.29, 1.82) is 0 Å². The van der Waals surface area contributed by atoms with Crippen LogP contribution >= 0.6 is 12.4 Å². The molecule has 1 aromatic rings. The van der Waals surface area contributed by atoms with Gasteiger partial charge in [-0.05, 0) is 37.9 Å². The van der Waals surface area contributed by atoms with Crippen molar-refractivity contribution in [2.24, 2.45) is 5.92 Å². The second kappa shape index (κ2) is 9.90. The monoisotopic (exact) mass is 380 g/mol. The molecule has 2 fully saturated rings. The SMILES string of the molecule is CN(C(=O)C1CC1)c1ccccc1C(=O)NCCCN1CCNCC1.Cl. The third kappa shape index (κ3) is 5.43. The quantitative estimate of drug-likeness (QED) is 0.704. The molecule has 1 aliphatic carbocycles. The summed E-state index contributed by atoms with van der Waals surface area (Å²) in [5, 5.41) is 6.34. The van der Waals surface area contributed by atoms with Crippen LogP contribution in [0.25, 0.3) is 0 Å². The number of carbonyl (C=O) groups is 2. The third-order valence-corrected chi connectivity index (χ3v) is 4.91. The highest BCUT2D eigenvalue weighted by Gasteiger charge is 2.33. The highest BCUT2D eigenvalue weighted by Crippen LogP contribution is 2.33. The lowest BCUT2D eigenvalue weighted by atomic mass is 10.1. The van der Waals surface area contributed by atoms with Crippen LogP contribution in [0.4, 0.5) is 5.69 Å². The van der Waals surface area contributed by atoms with Gasteiger partial charge < -0.3 is 20.4 Å². The smallest absolute Gasteiger partial charge is 0.253 e. The van der Waals surface area contributed by atoms with Gasteiger partial charge in [-0.15, -0.1) is 12.4 Å². The molecule has 26 heavy (non-hydrogen) atoms. The Morgan fingerprint density at radius 2 is 1.92 bits per heavy atom. The topological polar surface area (TPSA) is 64.7 Å². The first-order chi connectivity index (χ1) is 12.2. The molecule has 0 atom stereocenters. The molecule has 3 rings (SSSR count). The van der Waals surface area contributed by atoms with Crippen LogP contribution in [-0.2, 0) is 4.79 Å². The molecule has 1 saturated heterocycles. The summed E-state index contributed by atoms with van der Waals surface area (Å²) >= 11 is 0. The van der Waals surface area contributed by atoms with Crippen molar-refractivity contribution in [3.63, 3.8) is 0 Å². The zero-order valence-electron chi connectivity index (χ0n) is 15.4. The number of carbonyl (C=O) groups excluding carboxylic acids is 2. The van der Waals surface area contributed by atoms with Gasteiger partial charge in [-0.3, -0.25) is 9.59 Å². The molecular formula is C19H29ClN4O2. The lowest BCUT2D eigenvalue weighted by Gasteiger charge is -2.27. The molecule has 2 amide bonds. The van der Waals surface area contributed by atoms with Crippen LogP contribution in [0.15, 0.2) is 24.3 Å². The number of halogens is 1. The molecule has 6 nitrogen and oxygen atoms in total. The molecule has 0 aromatic heterocycles. The van der Waals surface area contributed by atoms with E-state index in [1.165, 1.54) is 0 Å². The van der Waals surface area contributed by atoms with E-state index in [1.807, 2.05) is 18.2 Å². The van der Waals surface area contributed by atoms with Crippen molar-refractivity contribution in [1.82, 2.24) is 15.5 Å². The van der Waals surface area contributed by atoms with Gasteiger partial charge in [0.25, 0.3) is 5.91 Å². The number of para-hydroxylation sites is 1. The second-order valence-electron chi connectivity index (χ2n) is 6.89. The van der Waals surface area contributed by atoms with Crippen LogP contribution in [0.1, 0.15) is 29.6 Å². The molecule has 0 spiro atoms. The summed E-state index contributed by atoms with van der Waals surface area (Å²) < 4.78 is 0. The van der Waals surface area contributed by atoms with E-state index in [2.05, 4.69) is 15.5 Å². The molecule has 0 unspecified atom stereocenters. The van der Waals surface area contributed by atoms with Gasteiger partial charge in [-0.2, -0.15) is 0 Å². The van der Waals surface area contributed by atoms with Crippen molar-refractivity contribution < 1.29 is 9.59 Å². The van der Waals surface area contributed by atoms with E-state index in [1.54, 1.807) is 18.0 Å². The van der Waals surface area contributed by atoms with Crippen LogP contribution in [0.2, 0.25) is 0 Å². The Labute approximate surface area is 161 Å². The summed E-state index contributed by atoms with van der Waals surface area (Å²) in [5.41, 5.74) is 1.26. The van der Waals surface area contributed by atoms with Gasteiger partial charge in [0.15, 0.2) is 0 Å². The molecule has 1 heterocycles. The maximum atomic E-state index is 12.6. The number of nitrogens with zero attached hydrogens (tertiary/aromatic N) is 2. The summed E-state index contributed by atoms with van der Waals surface area (Å²) in [6, 6.07) is 7.34. The summed E-state index contributed by atoms with van der Waals surface area (Å²) in [6.07, 6.45) is 2.86. The average Bonchev–Trinajstić information content (AvgIpc) is 3.50. The summed E-state index contributed by atoms with van der Waals surface area (Å²) in [4.78, 5) is 28.9. The Kier molecular flexibility index (Phi) is 7.87. The summed E-state index contributed by atoms with van der Waals surface area (Å²) in [7, 11) is 1.76. The number of piperazine rings is 1. The molecule has 1 saturated carbocycles. The number of benzene rings is 1. The van der Waals surface area contributed by atoms with Crippen LogP contribution in [-0.4, -0.2) is 63.0 Å². The van der Waals surface area contributed by atoms with Crippen molar-refractivity contribution >= 4 is 29.9 Å². The Bertz CT molecular complexity index is 615. The van der Waals surface area contributed by atoms with E-state index in [-0.39, 0.29) is 30.1 Å². The maximum absolute atomic E-state index is 12.6. The van der Waals surface area contributed by atoms with E-state index in [0.29, 0.717) is 17.8 Å². The third-order valence-electron chi connectivity index (χ3n) is 4.91. The van der Waals surface area contributed by atoms with Gasteiger partial charge in [0.1, 0.15) is 0 Å². The molecule has 1 aliphatic heterocycles. The van der Waals surface area contributed by atoms with Crippen molar-refractivity contribution in [2.45, 2.75) is 19.3 Å². The van der Waals surface area contributed by atoms with Crippen LogP contribution in [0.3, 0.4) is 0 Å². The Balaban J connectivity index is 0.00000243. The lowest BCUT2D eigenvalue weighted by molar-refractivity contribution is -0.119. The van der Waals surface area contributed by atoms with Crippen LogP contribution in [0.5, 0.6) is 0 Å². The van der Waals surface area contributed by atoms with Gasteiger partial charge in [0.2, 0.25) is 5.91 Å². The van der Waals surface area contributed by atoms with Crippen molar-refractivity contribution in [3.05, 3.63) is 29.8 Å². The number of hydrogen-bond donors (Lipinski definition) is 2. The van der Waals surface area contributed by atoms with E-state index in [4.69, 9.17) is 0 Å². The number of amides is 2. The van der Waals surface area contributed by atoms with Gasteiger partial charge in [0, 0.05) is 45.7 Å². The molecule has 7 heteroatoms.